The number of hydrogen-bond donors (Lipinski definition) is 0. The normalized spacial score (nSPS) is 14.4. The maximum absolute atomic E-state index is 13.5. The van der Waals surface area contributed by atoms with Crippen molar-refractivity contribution in [2.24, 2.45) is 0 Å². The third-order valence-corrected chi connectivity index (χ3v) is 6.14. The van der Waals surface area contributed by atoms with Crippen molar-refractivity contribution in [1.82, 2.24) is 9.47 Å². The molecule has 1 aliphatic carbocycles. The summed E-state index contributed by atoms with van der Waals surface area (Å²) in [6, 6.07) is 18.3. The fraction of sp³-hybridized carbons (Fsp3) is 0.346. The van der Waals surface area contributed by atoms with Gasteiger partial charge in [0.25, 0.3) is 5.91 Å². The molecule has 0 N–H and O–H groups in total. The largest absolute Gasteiger partial charge is 0.497 e. The molecule has 1 heterocycles. The van der Waals surface area contributed by atoms with Crippen LogP contribution in [0.25, 0.3) is 0 Å². The van der Waals surface area contributed by atoms with E-state index in [2.05, 4.69) is 10.6 Å². The van der Waals surface area contributed by atoms with Gasteiger partial charge in [0, 0.05) is 30.0 Å². The highest BCUT2D eigenvalue weighted by atomic mass is 19.1. The van der Waals surface area contributed by atoms with Crippen LogP contribution in [0.15, 0.2) is 66.9 Å². The van der Waals surface area contributed by atoms with Crippen LogP contribution in [0.4, 0.5) is 4.39 Å². The first-order valence-electron chi connectivity index (χ1n) is 11.0. The van der Waals surface area contributed by atoms with Crippen LogP contribution in [0, 0.1) is 5.82 Å². The third-order valence-electron chi connectivity index (χ3n) is 6.14. The minimum absolute atomic E-state index is 0.0593. The molecule has 1 aromatic heterocycles. The first kappa shape index (κ1) is 21.2. The molecule has 3 aromatic rings. The van der Waals surface area contributed by atoms with Gasteiger partial charge < -0.3 is 14.2 Å². The molecule has 0 saturated heterocycles. The van der Waals surface area contributed by atoms with Gasteiger partial charge in [0.2, 0.25) is 0 Å². The molecule has 1 saturated carbocycles. The van der Waals surface area contributed by atoms with Gasteiger partial charge in [0.15, 0.2) is 0 Å². The third kappa shape index (κ3) is 5.16. The number of carbonyl (C=O) groups is 1. The Hall–Kier alpha value is -3.08. The quantitative estimate of drug-likeness (QED) is 0.494. The fourth-order valence-corrected chi connectivity index (χ4v) is 4.37. The average Bonchev–Trinajstić information content (AvgIpc) is 3.25. The summed E-state index contributed by atoms with van der Waals surface area (Å²) in [6.45, 7) is 1.21. The summed E-state index contributed by atoms with van der Waals surface area (Å²) >= 11 is 0. The van der Waals surface area contributed by atoms with Crippen molar-refractivity contribution >= 4 is 5.91 Å². The van der Waals surface area contributed by atoms with Gasteiger partial charge in [-0.05, 0) is 66.9 Å². The van der Waals surface area contributed by atoms with Crippen molar-refractivity contribution in [2.45, 2.75) is 51.2 Å². The second-order valence-corrected chi connectivity index (χ2v) is 8.21. The molecule has 0 atom stereocenters. The maximum atomic E-state index is 13.5. The molecule has 31 heavy (non-hydrogen) atoms. The van der Waals surface area contributed by atoms with Crippen molar-refractivity contribution in [2.75, 3.05) is 7.11 Å². The smallest absolute Gasteiger partial charge is 0.254 e. The van der Waals surface area contributed by atoms with E-state index in [0.717, 1.165) is 42.7 Å². The number of halogens is 1. The van der Waals surface area contributed by atoms with E-state index in [4.69, 9.17) is 4.74 Å². The zero-order valence-corrected chi connectivity index (χ0v) is 18.0. The predicted octanol–water partition coefficient (Wildman–Crippen LogP) is 5.66. The van der Waals surface area contributed by atoms with E-state index in [1.807, 2.05) is 41.4 Å². The fourth-order valence-electron chi connectivity index (χ4n) is 4.37. The van der Waals surface area contributed by atoms with Crippen LogP contribution >= 0.6 is 0 Å². The number of aromatic nitrogens is 1. The minimum atomic E-state index is -0.231. The van der Waals surface area contributed by atoms with E-state index >= 15 is 0 Å². The maximum Gasteiger partial charge on any atom is 0.254 e. The SMILES string of the molecule is COc1ccc(C(=O)N(Cc2cccn2Cc2ccc(F)cc2)C2CCCCC2)cc1. The van der Waals surface area contributed by atoms with Gasteiger partial charge in [-0.25, -0.2) is 4.39 Å². The molecule has 162 valence electrons. The highest BCUT2D eigenvalue weighted by molar-refractivity contribution is 5.94. The number of benzene rings is 2. The summed E-state index contributed by atoms with van der Waals surface area (Å²) in [5, 5.41) is 0. The minimum Gasteiger partial charge on any atom is -0.497 e. The molecule has 2 aromatic carbocycles. The van der Waals surface area contributed by atoms with Crippen molar-refractivity contribution in [3.8, 4) is 5.75 Å². The zero-order chi connectivity index (χ0) is 21.6. The number of ether oxygens (including phenoxy) is 1. The summed E-state index contributed by atoms with van der Waals surface area (Å²) in [4.78, 5) is 15.6. The van der Waals surface area contributed by atoms with Gasteiger partial charge in [-0.1, -0.05) is 31.4 Å². The zero-order valence-electron chi connectivity index (χ0n) is 18.0. The topological polar surface area (TPSA) is 34.5 Å². The Labute approximate surface area is 183 Å². The highest BCUT2D eigenvalue weighted by Crippen LogP contribution is 2.26. The lowest BCUT2D eigenvalue weighted by atomic mass is 9.93. The predicted molar refractivity (Wildman–Crippen MR) is 120 cm³/mol. The second kappa shape index (κ2) is 9.82. The standard InChI is InChI=1S/C26H29FN2O2/c1-31-25-15-11-21(12-16-25)26(30)29(23-6-3-2-4-7-23)19-24-8-5-17-28(24)18-20-9-13-22(27)14-10-20/h5,8-17,23H,2-4,6-7,18-19H2,1H3. The van der Waals surface area contributed by atoms with Crippen LogP contribution in [0.3, 0.4) is 0 Å². The summed E-state index contributed by atoms with van der Waals surface area (Å²) in [7, 11) is 1.63. The van der Waals surface area contributed by atoms with Crippen LogP contribution in [-0.4, -0.2) is 28.5 Å². The van der Waals surface area contributed by atoms with Gasteiger partial charge in [-0.15, -0.1) is 0 Å². The number of rotatable bonds is 7. The van der Waals surface area contributed by atoms with Gasteiger partial charge in [-0.2, -0.15) is 0 Å². The summed E-state index contributed by atoms with van der Waals surface area (Å²) < 4.78 is 20.6. The molecular weight excluding hydrogens is 391 g/mol. The Morgan fingerprint density at radius 3 is 2.42 bits per heavy atom. The summed E-state index contributed by atoms with van der Waals surface area (Å²) in [5.74, 6) is 0.572. The molecule has 1 aliphatic rings. The Balaban J connectivity index is 1.57. The van der Waals surface area contributed by atoms with Crippen molar-refractivity contribution in [3.05, 3.63) is 89.5 Å². The van der Waals surface area contributed by atoms with E-state index in [9.17, 15) is 9.18 Å². The van der Waals surface area contributed by atoms with Gasteiger partial charge >= 0.3 is 0 Å². The summed E-state index contributed by atoms with van der Waals surface area (Å²) in [6.07, 6.45) is 7.67. The molecule has 0 radical (unpaired) electrons. The molecule has 4 nitrogen and oxygen atoms in total. The van der Waals surface area contributed by atoms with E-state index in [1.54, 1.807) is 19.2 Å². The number of methoxy groups -OCH3 is 1. The Bertz CT molecular complexity index is 989. The monoisotopic (exact) mass is 420 g/mol. The van der Waals surface area contributed by atoms with Crippen LogP contribution in [-0.2, 0) is 13.1 Å². The summed E-state index contributed by atoms with van der Waals surface area (Å²) in [5.41, 5.74) is 2.80. The van der Waals surface area contributed by atoms with E-state index in [1.165, 1.54) is 18.6 Å². The Morgan fingerprint density at radius 1 is 1.03 bits per heavy atom. The molecule has 4 rings (SSSR count). The van der Waals surface area contributed by atoms with Crippen molar-refractivity contribution < 1.29 is 13.9 Å². The van der Waals surface area contributed by atoms with Gasteiger partial charge in [0.1, 0.15) is 11.6 Å². The molecule has 0 spiro atoms. The van der Waals surface area contributed by atoms with E-state index < -0.39 is 0 Å². The number of nitrogens with zero attached hydrogens (tertiary/aromatic N) is 2. The molecule has 0 bridgehead atoms. The highest BCUT2D eigenvalue weighted by Gasteiger charge is 2.27. The van der Waals surface area contributed by atoms with Gasteiger partial charge in [0.05, 0.1) is 13.7 Å². The van der Waals surface area contributed by atoms with Crippen molar-refractivity contribution in [1.29, 1.82) is 0 Å². The molecule has 1 amide bonds. The van der Waals surface area contributed by atoms with Crippen LogP contribution in [0.1, 0.15) is 53.7 Å². The van der Waals surface area contributed by atoms with E-state index in [0.29, 0.717) is 18.7 Å². The molecule has 5 heteroatoms. The first-order valence-corrected chi connectivity index (χ1v) is 11.0. The molecule has 0 unspecified atom stereocenters. The Kier molecular flexibility index (Phi) is 6.70. The number of amides is 1. The molecule has 1 fully saturated rings. The van der Waals surface area contributed by atoms with Crippen LogP contribution in [0.2, 0.25) is 0 Å². The number of hydrogen-bond acceptors (Lipinski definition) is 2. The lowest BCUT2D eigenvalue weighted by Crippen LogP contribution is -2.41. The lowest BCUT2D eigenvalue weighted by Gasteiger charge is -2.35. The molecular formula is C26H29FN2O2. The van der Waals surface area contributed by atoms with Crippen molar-refractivity contribution in [3.63, 3.8) is 0 Å². The van der Waals surface area contributed by atoms with Crippen LogP contribution < -0.4 is 4.74 Å². The second-order valence-electron chi connectivity index (χ2n) is 8.21. The van der Waals surface area contributed by atoms with E-state index in [-0.39, 0.29) is 17.8 Å². The lowest BCUT2D eigenvalue weighted by molar-refractivity contribution is 0.0608. The molecule has 0 aliphatic heterocycles. The van der Waals surface area contributed by atoms with Crippen LogP contribution in [0.5, 0.6) is 5.75 Å². The Morgan fingerprint density at radius 2 is 1.74 bits per heavy atom. The van der Waals surface area contributed by atoms with Gasteiger partial charge in [-0.3, -0.25) is 4.79 Å². The average molecular weight is 421 g/mol. The number of carbonyl (C=O) groups excluding carboxylic acids is 1. The first-order chi connectivity index (χ1) is 15.1.